The summed E-state index contributed by atoms with van der Waals surface area (Å²) in [6, 6.07) is 8.21. The summed E-state index contributed by atoms with van der Waals surface area (Å²) in [7, 11) is 0.138. The summed E-state index contributed by atoms with van der Waals surface area (Å²) in [5.74, 6) is 0.581. The number of hydrogen-bond donors (Lipinski definition) is 0. The Balaban J connectivity index is 1.78. The van der Waals surface area contributed by atoms with Gasteiger partial charge in [0.1, 0.15) is 0 Å². The van der Waals surface area contributed by atoms with Gasteiger partial charge in [-0.2, -0.15) is 0 Å². The predicted molar refractivity (Wildman–Crippen MR) is 92.8 cm³/mol. The summed E-state index contributed by atoms with van der Waals surface area (Å²) in [6.07, 6.45) is 0.932. The zero-order chi connectivity index (χ0) is 16.3. The summed E-state index contributed by atoms with van der Waals surface area (Å²) in [5.41, 5.74) is 1.97. The molecule has 4 heteroatoms. The van der Waals surface area contributed by atoms with Crippen LogP contribution >= 0.6 is 0 Å². The molecular weight excluding hydrogens is 290 g/mol. The Labute approximate surface area is 134 Å². The highest BCUT2D eigenvalue weighted by molar-refractivity contribution is 6.74. The van der Waals surface area contributed by atoms with E-state index in [0.29, 0.717) is 12.5 Å². The van der Waals surface area contributed by atoms with Gasteiger partial charge >= 0.3 is 0 Å². The molecule has 1 spiro atoms. The van der Waals surface area contributed by atoms with Crippen LogP contribution in [0.4, 0.5) is 5.69 Å². The number of carbonyl (C=O) groups is 1. The van der Waals surface area contributed by atoms with Crippen LogP contribution in [0.5, 0.6) is 0 Å². The average molecular weight is 318 g/mol. The van der Waals surface area contributed by atoms with E-state index in [2.05, 4.69) is 39.9 Å². The Morgan fingerprint density at radius 3 is 2.59 bits per heavy atom. The molecule has 0 aromatic heterocycles. The van der Waals surface area contributed by atoms with E-state index in [1.165, 1.54) is 5.56 Å². The number of fused-ring (bicyclic) bond motifs is 2. The Morgan fingerprint density at radius 2 is 1.95 bits per heavy atom. The highest BCUT2D eigenvalue weighted by atomic mass is 28.4. The van der Waals surface area contributed by atoms with Gasteiger partial charge in [-0.1, -0.05) is 39.0 Å². The second kappa shape index (κ2) is 4.68. The lowest BCUT2D eigenvalue weighted by Crippen LogP contribution is -2.41. The van der Waals surface area contributed by atoms with Crippen LogP contribution in [-0.2, 0) is 14.6 Å². The van der Waals surface area contributed by atoms with E-state index >= 15 is 0 Å². The van der Waals surface area contributed by atoms with Crippen LogP contribution in [0.15, 0.2) is 24.3 Å². The van der Waals surface area contributed by atoms with Crippen molar-refractivity contribution in [3.63, 3.8) is 0 Å². The third-order valence-electron chi connectivity index (χ3n) is 5.99. The van der Waals surface area contributed by atoms with Gasteiger partial charge in [0.05, 0.1) is 5.41 Å². The van der Waals surface area contributed by atoms with Gasteiger partial charge in [0.2, 0.25) is 5.91 Å². The molecule has 0 radical (unpaired) electrons. The van der Waals surface area contributed by atoms with Crippen LogP contribution in [0.2, 0.25) is 18.1 Å². The fourth-order valence-electron chi connectivity index (χ4n) is 3.32. The first-order chi connectivity index (χ1) is 10.1. The summed E-state index contributed by atoms with van der Waals surface area (Å²) in [6.45, 7) is 12.0. The van der Waals surface area contributed by atoms with Crippen LogP contribution in [0.1, 0.15) is 32.8 Å². The van der Waals surface area contributed by atoms with Gasteiger partial charge in [0, 0.05) is 25.3 Å². The molecule has 1 heterocycles. The van der Waals surface area contributed by atoms with Crippen molar-refractivity contribution in [3.8, 4) is 0 Å². The molecule has 0 N–H and O–H groups in total. The van der Waals surface area contributed by atoms with Crippen molar-refractivity contribution in [2.24, 2.45) is 5.92 Å². The molecular formula is C18H27NO2Si. The fraction of sp³-hybridized carbons (Fsp3) is 0.611. The molecule has 0 unspecified atom stereocenters. The highest BCUT2D eigenvalue weighted by Gasteiger charge is 2.66. The van der Waals surface area contributed by atoms with E-state index in [4.69, 9.17) is 4.43 Å². The molecule has 120 valence electrons. The van der Waals surface area contributed by atoms with E-state index in [-0.39, 0.29) is 16.4 Å². The minimum Gasteiger partial charge on any atom is -0.416 e. The Kier molecular flexibility index (Phi) is 3.35. The van der Waals surface area contributed by atoms with Crippen LogP contribution in [-0.4, -0.2) is 27.9 Å². The lowest BCUT2D eigenvalue weighted by molar-refractivity contribution is -0.120. The molecule has 22 heavy (non-hydrogen) atoms. The number of likely N-dealkylation sites (N-methyl/N-ethyl adjacent to an activating group) is 1. The first-order valence-electron chi connectivity index (χ1n) is 8.13. The summed E-state index contributed by atoms with van der Waals surface area (Å²) < 4.78 is 6.37. The van der Waals surface area contributed by atoms with Crippen LogP contribution in [0.3, 0.4) is 0 Å². The maximum Gasteiger partial charge on any atom is 0.237 e. The summed E-state index contributed by atoms with van der Waals surface area (Å²) >= 11 is 0. The fourth-order valence-corrected chi connectivity index (χ4v) is 4.37. The van der Waals surface area contributed by atoms with Crippen LogP contribution < -0.4 is 4.90 Å². The van der Waals surface area contributed by atoms with Crippen LogP contribution in [0.25, 0.3) is 0 Å². The lowest BCUT2D eigenvalue weighted by Gasteiger charge is -2.36. The number of para-hydroxylation sites is 1. The number of hydrogen-bond acceptors (Lipinski definition) is 2. The number of nitrogens with zero attached hydrogens (tertiary/aromatic N) is 1. The lowest BCUT2D eigenvalue weighted by atomic mass is 9.95. The van der Waals surface area contributed by atoms with Crippen molar-refractivity contribution in [3.05, 3.63) is 29.8 Å². The van der Waals surface area contributed by atoms with Gasteiger partial charge in [-0.05, 0) is 36.2 Å². The van der Waals surface area contributed by atoms with E-state index in [0.717, 1.165) is 12.1 Å². The first-order valence-corrected chi connectivity index (χ1v) is 11.0. The molecule has 0 bridgehead atoms. The monoisotopic (exact) mass is 317 g/mol. The second-order valence-corrected chi connectivity index (χ2v) is 13.1. The van der Waals surface area contributed by atoms with Crippen molar-refractivity contribution in [2.75, 3.05) is 18.6 Å². The average Bonchev–Trinajstić information content (AvgIpc) is 3.13. The van der Waals surface area contributed by atoms with Crippen molar-refractivity contribution in [1.82, 2.24) is 0 Å². The number of carbonyl (C=O) groups excluding carboxylic acids is 1. The summed E-state index contributed by atoms with van der Waals surface area (Å²) in [5, 5.41) is 0.212. The number of amides is 1. The minimum atomic E-state index is -1.75. The zero-order valence-corrected chi connectivity index (χ0v) is 15.6. The molecule has 2 atom stereocenters. The maximum absolute atomic E-state index is 12.8. The largest absolute Gasteiger partial charge is 0.416 e. The second-order valence-electron chi connectivity index (χ2n) is 8.33. The zero-order valence-electron chi connectivity index (χ0n) is 14.6. The molecule has 1 fully saturated rings. The SMILES string of the molecule is CN1C(=O)[C@@]2(C[C@@H]2CO[Si](C)(C)C(C)(C)C)c2ccccc21. The molecule has 3 nitrogen and oxygen atoms in total. The summed E-state index contributed by atoms with van der Waals surface area (Å²) in [4.78, 5) is 14.6. The van der Waals surface area contributed by atoms with Crippen molar-refractivity contribution >= 4 is 19.9 Å². The van der Waals surface area contributed by atoms with Gasteiger partial charge in [-0.25, -0.2) is 0 Å². The third kappa shape index (κ3) is 2.08. The molecule has 1 aromatic rings. The van der Waals surface area contributed by atoms with Gasteiger partial charge < -0.3 is 9.33 Å². The predicted octanol–water partition coefficient (Wildman–Crippen LogP) is 3.94. The molecule has 1 amide bonds. The number of benzene rings is 1. The molecule has 1 aromatic carbocycles. The number of rotatable bonds is 3. The van der Waals surface area contributed by atoms with Crippen molar-refractivity contribution in [1.29, 1.82) is 0 Å². The van der Waals surface area contributed by atoms with Gasteiger partial charge in [0.25, 0.3) is 0 Å². The normalized spacial score (nSPS) is 27.5. The molecule has 1 aliphatic carbocycles. The van der Waals surface area contributed by atoms with Crippen molar-refractivity contribution < 1.29 is 9.22 Å². The molecule has 3 rings (SSSR count). The molecule has 1 aliphatic heterocycles. The molecule has 1 saturated carbocycles. The van der Waals surface area contributed by atoms with Gasteiger partial charge in [-0.15, -0.1) is 0 Å². The highest BCUT2D eigenvalue weighted by Crippen LogP contribution is 2.61. The molecule has 2 aliphatic rings. The Hall–Kier alpha value is -1.13. The quantitative estimate of drug-likeness (QED) is 0.790. The molecule has 0 saturated heterocycles. The topological polar surface area (TPSA) is 29.5 Å². The van der Waals surface area contributed by atoms with Gasteiger partial charge in [0.15, 0.2) is 8.32 Å². The van der Waals surface area contributed by atoms with Gasteiger partial charge in [-0.3, -0.25) is 4.79 Å². The standard InChI is InChI=1S/C18H27NO2Si/c1-17(2,3)22(5,6)21-12-13-11-18(13)14-9-7-8-10-15(14)19(4)16(18)20/h7-10,13H,11-12H2,1-6H3/t13-,18-/m1/s1. The maximum atomic E-state index is 12.8. The van der Waals surface area contributed by atoms with E-state index in [1.54, 1.807) is 0 Å². The van der Waals surface area contributed by atoms with Crippen molar-refractivity contribution in [2.45, 2.75) is 50.7 Å². The first kappa shape index (κ1) is 15.8. The smallest absolute Gasteiger partial charge is 0.237 e. The van der Waals surface area contributed by atoms with Crippen LogP contribution in [0, 0.1) is 5.92 Å². The Bertz CT molecular complexity index is 620. The van der Waals surface area contributed by atoms with E-state index in [1.807, 2.05) is 30.1 Å². The Morgan fingerprint density at radius 1 is 1.32 bits per heavy atom. The van der Waals surface area contributed by atoms with E-state index < -0.39 is 8.32 Å². The minimum absolute atomic E-state index is 0.212. The van der Waals surface area contributed by atoms with E-state index in [9.17, 15) is 4.79 Å². The third-order valence-corrected chi connectivity index (χ3v) is 10.5. The number of anilines is 1.